The number of benzene rings is 1. The van der Waals surface area contributed by atoms with Crippen LogP contribution in [-0.4, -0.2) is 23.0 Å². The van der Waals surface area contributed by atoms with Crippen LogP contribution in [0.15, 0.2) is 41.5 Å². The summed E-state index contributed by atoms with van der Waals surface area (Å²) in [7, 11) is 0. The lowest BCUT2D eigenvalue weighted by molar-refractivity contribution is -0.140. The molecule has 5 heteroatoms. The average molecular weight is 406 g/mol. The zero-order chi connectivity index (χ0) is 15.3. The van der Waals surface area contributed by atoms with Crippen molar-refractivity contribution >= 4 is 40.6 Å². The summed E-state index contributed by atoms with van der Waals surface area (Å²) in [6.45, 7) is 0. The van der Waals surface area contributed by atoms with Gasteiger partial charge >= 0.3 is 0 Å². The molecule has 5 rings (SSSR count). The van der Waals surface area contributed by atoms with E-state index in [1.54, 1.807) is 6.21 Å². The number of nitrogens with zero attached hydrogens (tertiary/aromatic N) is 2. The molecule has 1 aliphatic heterocycles. The normalized spacial score (nSPS) is 33.0. The van der Waals surface area contributed by atoms with E-state index in [4.69, 9.17) is 0 Å². The van der Waals surface area contributed by atoms with Gasteiger partial charge in [0.25, 0.3) is 11.8 Å². The van der Waals surface area contributed by atoms with Crippen molar-refractivity contribution in [2.75, 3.05) is 0 Å². The van der Waals surface area contributed by atoms with Crippen LogP contribution in [0.4, 0.5) is 0 Å². The number of hydrogen-bond acceptors (Lipinski definition) is 3. The molecule has 0 unspecified atom stereocenters. The maximum atomic E-state index is 12.6. The third kappa shape index (κ3) is 2.06. The summed E-state index contributed by atoms with van der Waals surface area (Å²) >= 11 is 2.22. The Morgan fingerprint density at radius 1 is 1.05 bits per heavy atom. The van der Waals surface area contributed by atoms with Gasteiger partial charge in [-0.1, -0.05) is 30.4 Å². The molecule has 1 aromatic rings. The molecule has 0 radical (unpaired) electrons. The molecule has 3 aliphatic carbocycles. The summed E-state index contributed by atoms with van der Waals surface area (Å²) in [6.07, 6.45) is 7.87. The van der Waals surface area contributed by atoms with Crippen LogP contribution in [0.1, 0.15) is 18.4 Å². The number of imide groups is 1. The smallest absolute Gasteiger partial charge is 0.254 e. The minimum Gasteiger partial charge on any atom is -0.272 e. The van der Waals surface area contributed by atoms with Crippen LogP contribution in [0.25, 0.3) is 0 Å². The van der Waals surface area contributed by atoms with Crippen LogP contribution < -0.4 is 0 Å². The number of amides is 2. The summed E-state index contributed by atoms with van der Waals surface area (Å²) in [5.41, 5.74) is 0.916. The molecule has 1 saturated heterocycles. The number of rotatable bonds is 2. The van der Waals surface area contributed by atoms with Crippen LogP contribution in [0.3, 0.4) is 0 Å². The van der Waals surface area contributed by atoms with Gasteiger partial charge in [-0.25, -0.2) is 0 Å². The number of carbonyl (C=O) groups is 2. The van der Waals surface area contributed by atoms with Crippen molar-refractivity contribution in [3.63, 3.8) is 0 Å². The molecule has 2 fully saturated rings. The molecular formula is C17H15IN2O2. The lowest BCUT2D eigenvalue weighted by Crippen LogP contribution is -2.38. The molecule has 4 atom stereocenters. The first-order valence-corrected chi connectivity index (χ1v) is 8.59. The van der Waals surface area contributed by atoms with E-state index in [-0.39, 0.29) is 35.5 Å². The minimum absolute atomic E-state index is 0.128. The maximum Gasteiger partial charge on any atom is 0.254 e. The molecule has 0 spiro atoms. The zero-order valence-corrected chi connectivity index (χ0v) is 14.0. The highest BCUT2D eigenvalue weighted by Crippen LogP contribution is 2.49. The van der Waals surface area contributed by atoms with Crippen LogP contribution in [-0.2, 0) is 9.59 Å². The van der Waals surface area contributed by atoms with Crippen molar-refractivity contribution < 1.29 is 9.59 Å². The summed E-state index contributed by atoms with van der Waals surface area (Å²) in [5, 5.41) is 5.32. The van der Waals surface area contributed by atoms with Gasteiger partial charge in [0.15, 0.2) is 0 Å². The number of allylic oxidation sites excluding steroid dienone is 2. The zero-order valence-electron chi connectivity index (χ0n) is 11.9. The topological polar surface area (TPSA) is 49.7 Å². The second kappa shape index (κ2) is 5.30. The Bertz CT molecular complexity index is 680. The van der Waals surface area contributed by atoms with Crippen molar-refractivity contribution in [3.05, 3.63) is 45.6 Å². The standard InChI is InChI=1S/C17H15IN2O2/c18-13-4-2-1-3-12(13)9-19-20-16(21)14-10-5-6-11(8-7-10)15(14)17(20)22/h1-6,9-11,14-15H,7-8H2/b19-9-/t10-,11+,14-,15-/m0/s1. The van der Waals surface area contributed by atoms with E-state index < -0.39 is 0 Å². The van der Waals surface area contributed by atoms with Crippen LogP contribution in [0.5, 0.6) is 0 Å². The predicted molar refractivity (Wildman–Crippen MR) is 90.9 cm³/mol. The van der Waals surface area contributed by atoms with Gasteiger partial charge in [-0.2, -0.15) is 10.1 Å². The van der Waals surface area contributed by atoms with Gasteiger partial charge in [0.1, 0.15) is 0 Å². The quantitative estimate of drug-likeness (QED) is 0.328. The Morgan fingerprint density at radius 3 is 2.18 bits per heavy atom. The minimum atomic E-state index is -0.191. The lowest BCUT2D eigenvalue weighted by atomic mass is 9.63. The second-order valence-corrected chi connectivity index (χ2v) is 7.26. The molecule has 2 bridgehead atoms. The first-order chi connectivity index (χ1) is 10.7. The largest absolute Gasteiger partial charge is 0.272 e. The van der Waals surface area contributed by atoms with Crippen molar-refractivity contribution in [3.8, 4) is 0 Å². The molecule has 4 nitrogen and oxygen atoms in total. The molecule has 0 aromatic heterocycles. The van der Waals surface area contributed by atoms with Gasteiger partial charge in [-0.05, 0) is 53.3 Å². The fraction of sp³-hybridized carbons (Fsp3) is 0.353. The van der Waals surface area contributed by atoms with Crippen molar-refractivity contribution in [2.45, 2.75) is 12.8 Å². The van der Waals surface area contributed by atoms with Crippen molar-refractivity contribution in [1.29, 1.82) is 0 Å². The Morgan fingerprint density at radius 2 is 1.64 bits per heavy atom. The van der Waals surface area contributed by atoms with E-state index in [1.165, 1.54) is 0 Å². The fourth-order valence-corrected chi connectivity index (χ4v) is 4.40. The van der Waals surface area contributed by atoms with Gasteiger partial charge in [0.05, 0.1) is 18.1 Å². The molecular weight excluding hydrogens is 391 g/mol. The summed E-state index contributed by atoms with van der Waals surface area (Å²) in [6, 6.07) is 7.76. The van der Waals surface area contributed by atoms with Crippen molar-refractivity contribution in [2.24, 2.45) is 28.8 Å². The number of fused-ring (bicyclic) bond motifs is 1. The van der Waals surface area contributed by atoms with E-state index >= 15 is 0 Å². The van der Waals surface area contributed by atoms with Gasteiger partial charge < -0.3 is 0 Å². The Hall–Kier alpha value is -1.50. The Balaban J connectivity index is 1.63. The highest BCUT2D eigenvalue weighted by Gasteiger charge is 2.56. The van der Waals surface area contributed by atoms with Crippen LogP contribution in [0.2, 0.25) is 0 Å². The average Bonchev–Trinajstić information content (AvgIpc) is 2.82. The van der Waals surface area contributed by atoms with E-state index in [2.05, 4.69) is 39.8 Å². The Kier molecular flexibility index (Phi) is 3.40. The number of hydrogen-bond donors (Lipinski definition) is 0. The molecule has 22 heavy (non-hydrogen) atoms. The van der Waals surface area contributed by atoms with E-state index in [0.717, 1.165) is 27.0 Å². The highest BCUT2D eigenvalue weighted by molar-refractivity contribution is 14.1. The SMILES string of the molecule is O=C1[C@@H]2[C@@H](C(=O)N1/N=C\c1ccccc1I)[C@H]1C=C[C@@H]2CC1. The third-order valence-electron chi connectivity index (χ3n) is 4.95. The molecule has 4 aliphatic rings. The first kappa shape index (κ1) is 14.1. The molecule has 1 heterocycles. The van der Waals surface area contributed by atoms with Gasteiger partial charge in [-0.15, -0.1) is 0 Å². The summed E-state index contributed by atoms with van der Waals surface area (Å²) in [5.74, 6) is -0.217. The van der Waals surface area contributed by atoms with Gasteiger partial charge in [0.2, 0.25) is 0 Å². The van der Waals surface area contributed by atoms with E-state index in [0.29, 0.717) is 0 Å². The summed E-state index contributed by atoms with van der Waals surface area (Å²) < 4.78 is 1.04. The molecule has 2 amide bonds. The third-order valence-corrected chi connectivity index (χ3v) is 5.94. The monoisotopic (exact) mass is 406 g/mol. The Labute approximate surface area is 142 Å². The van der Waals surface area contributed by atoms with E-state index in [1.807, 2.05) is 24.3 Å². The molecule has 0 N–H and O–H groups in total. The predicted octanol–water partition coefficient (Wildman–Crippen LogP) is 2.82. The molecule has 1 saturated carbocycles. The maximum absolute atomic E-state index is 12.6. The van der Waals surface area contributed by atoms with Crippen molar-refractivity contribution in [1.82, 2.24) is 5.01 Å². The van der Waals surface area contributed by atoms with Gasteiger partial charge in [0, 0.05) is 9.13 Å². The lowest BCUT2D eigenvalue weighted by Gasteiger charge is -2.37. The summed E-state index contributed by atoms with van der Waals surface area (Å²) in [4.78, 5) is 25.2. The molecule has 1 aromatic carbocycles. The van der Waals surface area contributed by atoms with E-state index in [9.17, 15) is 9.59 Å². The number of halogens is 1. The number of hydrazone groups is 1. The first-order valence-electron chi connectivity index (χ1n) is 7.51. The van der Waals surface area contributed by atoms with Crippen LogP contribution >= 0.6 is 22.6 Å². The fourth-order valence-electron chi connectivity index (χ4n) is 3.87. The number of carbonyl (C=O) groups excluding carboxylic acids is 2. The molecule has 112 valence electrons. The van der Waals surface area contributed by atoms with Crippen LogP contribution in [0, 0.1) is 27.2 Å². The second-order valence-electron chi connectivity index (χ2n) is 6.10. The highest BCUT2D eigenvalue weighted by atomic mass is 127. The van der Waals surface area contributed by atoms with Gasteiger partial charge in [-0.3, -0.25) is 9.59 Å².